The number of nitrogens with zero attached hydrogens (tertiary/aromatic N) is 5. The number of benzene rings is 1. The van der Waals surface area contributed by atoms with E-state index in [-0.39, 0.29) is 11.2 Å². The first kappa shape index (κ1) is 16.8. The summed E-state index contributed by atoms with van der Waals surface area (Å²) >= 11 is 1.47. The molecular weight excluding hydrogens is 322 g/mol. The van der Waals surface area contributed by atoms with Crippen molar-refractivity contribution in [3.63, 3.8) is 0 Å². The molecule has 128 valence electrons. The third-order valence-electron chi connectivity index (χ3n) is 4.40. The molecule has 3 rings (SSSR count). The second-order valence-electron chi connectivity index (χ2n) is 6.00. The minimum atomic E-state index is -0.157. The zero-order chi connectivity index (χ0) is 17.1. The Kier molecular flexibility index (Phi) is 5.08. The molecule has 24 heavy (non-hydrogen) atoms. The van der Waals surface area contributed by atoms with Crippen LogP contribution in [0.15, 0.2) is 35.5 Å². The van der Waals surface area contributed by atoms with Crippen molar-refractivity contribution in [2.45, 2.75) is 24.3 Å². The standard InChI is InChI=1S/C17H23N5OS/c1-13(24-17-19-18-14(2)20(17)3)16(23)22-11-9-21(10-12-22)15-7-5-4-6-8-15/h4-8,13H,9-12H2,1-3H3/t13-/m1/s1. The Balaban J connectivity index is 1.56. The number of hydrogen-bond donors (Lipinski definition) is 0. The number of hydrogen-bond acceptors (Lipinski definition) is 5. The van der Waals surface area contributed by atoms with Gasteiger partial charge in [0.05, 0.1) is 5.25 Å². The van der Waals surface area contributed by atoms with Gasteiger partial charge < -0.3 is 14.4 Å². The van der Waals surface area contributed by atoms with Crippen molar-refractivity contribution in [1.82, 2.24) is 19.7 Å². The van der Waals surface area contributed by atoms with E-state index in [1.807, 2.05) is 36.4 Å². The molecule has 0 spiro atoms. The second-order valence-corrected chi connectivity index (χ2v) is 7.30. The predicted molar refractivity (Wildman–Crippen MR) is 96.3 cm³/mol. The molecule has 1 atom stereocenters. The summed E-state index contributed by atoms with van der Waals surface area (Å²) in [6, 6.07) is 10.4. The first-order valence-corrected chi connectivity index (χ1v) is 9.05. The van der Waals surface area contributed by atoms with Crippen molar-refractivity contribution >= 4 is 23.4 Å². The third kappa shape index (κ3) is 3.56. The fourth-order valence-corrected chi connectivity index (χ4v) is 3.72. The molecule has 1 amide bonds. The number of carbonyl (C=O) groups is 1. The van der Waals surface area contributed by atoms with Crippen molar-refractivity contribution in [2.24, 2.45) is 7.05 Å². The summed E-state index contributed by atoms with van der Waals surface area (Å²) in [5.41, 5.74) is 1.22. The summed E-state index contributed by atoms with van der Waals surface area (Å²) in [5, 5.41) is 8.81. The fourth-order valence-electron chi connectivity index (χ4n) is 2.78. The molecular formula is C17H23N5OS. The van der Waals surface area contributed by atoms with Crippen molar-refractivity contribution in [2.75, 3.05) is 31.1 Å². The molecule has 7 heteroatoms. The van der Waals surface area contributed by atoms with E-state index < -0.39 is 0 Å². The van der Waals surface area contributed by atoms with Crippen LogP contribution in [0.5, 0.6) is 0 Å². The quantitative estimate of drug-likeness (QED) is 0.793. The lowest BCUT2D eigenvalue weighted by molar-refractivity contribution is -0.130. The minimum Gasteiger partial charge on any atom is -0.368 e. The summed E-state index contributed by atoms with van der Waals surface area (Å²) in [4.78, 5) is 17.0. The maximum atomic E-state index is 12.7. The van der Waals surface area contributed by atoms with E-state index in [9.17, 15) is 4.79 Å². The van der Waals surface area contributed by atoms with Gasteiger partial charge in [-0.25, -0.2) is 0 Å². The number of para-hydroxylation sites is 1. The zero-order valence-corrected chi connectivity index (χ0v) is 15.2. The van der Waals surface area contributed by atoms with Gasteiger partial charge in [0, 0.05) is 38.9 Å². The Morgan fingerprint density at radius 3 is 2.38 bits per heavy atom. The number of aromatic nitrogens is 3. The van der Waals surface area contributed by atoms with Crippen LogP contribution in [0.25, 0.3) is 0 Å². The van der Waals surface area contributed by atoms with E-state index in [1.54, 1.807) is 0 Å². The summed E-state index contributed by atoms with van der Waals surface area (Å²) in [7, 11) is 1.92. The van der Waals surface area contributed by atoms with Gasteiger partial charge in [0.2, 0.25) is 5.91 Å². The molecule has 1 aromatic carbocycles. The SMILES string of the molecule is Cc1nnc(S[C@H](C)C(=O)N2CCN(c3ccccc3)CC2)n1C. The van der Waals surface area contributed by atoms with Gasteiger partial charge in [-0.2, -0.15) is 0 Å². The Morgan fingerprint density at radius 1 is 1.12 bits per heavy atom. The van der Waals surface area contributed by atoms with Gasteiger partial charge in [0.1, 0.15) is 5.82 Å². The molecule has 0 bridgehead atoms. The normalized spacial score (nSPS) is 16.3. The van der Waals surface area contributed by atoms with Crippen LogP contribution in [-0.4, -0.2) is 57.0 Å². The summed E-state index contributed by atoms with van der Waals surface area (Å²) < 4.78 is 1.92. The maximum Gasteiger partial charge on any atom is 0.236 e. The summed E-state index contributed by atoms with van der Waals surface area (Å²) in [6.07, 6.45) is 0. The number of anilines is 1. The highest BCUT2D eigenvalue weighted by Gasteiger charge is 2.26. The molecule has 0 saturated carbocycles. The third-order valence-corrected chi connectivity index (χ3v) is 5.52. The number of rotatable bonds is 4. The first-order valence-electron chi connectivity index (χ1n) is 8.17. The van der Waals surface area contributed by atoms with Crippen LogP contribution in [0, 0.1) is 6.92 Å². The lowest BCUT2D eigenvalue weighted by atomic mass is 10.2. The first-order chi connectivity index (χ1) is 11.6. The van der Waals surface area contributed by atoms with Crippen molar-refractivity contribution < 1.29 is 4.79 Å². The topological polar surface area (TPSA) is 54.3 Å². The lowest BCUT2D eigenvalue weighted by Gasteiger charge is -2.37. The minimum absolute atomic E-state index is 0.157. The molecule has 1 aromatic heterocycles. The van der Waals surface area contributed by atoms with E-state index in [0.29, 0.717) is 0 Å². The molecule has 0 radical (unpaired) electrons. The highest BCUT2D eigenvalue weighted by molar-refractivity contribution is 8.00. The molecule has 2 heterocycles. The number of amides is 1. The van der Waals surface area contributed by atoms with Gasteiger partial charge in [-0.1, -0.05) is 30.0 Å². The number of thioether (sulfide) groups is 1. The largest absolute Gasteiger partial charge is 0.368 e. The average molecular weight is 345 g/mol. The van der Waals surface area contributed by atoms with Crippen LogP contribution in [0.1, 0.15) is 12.7 Å². The van der Waals surface area contributed by atoms with Crippen LogP contribution < -0.4 is 4.90 Å². The van der Waals surface area contributed by atoms with E-state index in [1.165, 1.54) is 17.4 Å². The van der Waals surface area contributed by atoms with Gasteiger partial charge in [-0.3, -0.25) is 4.79 Å². The van der Waals surface area contributed by atoms with Crippen molar-refractivity contribution in [3.05, 3.63) is 36.2 Å². The van der Waals surface area contributed by atoms with Crippen LogP contribution in [0.4, 0.5) is 5.69 Å². The molecule has 1 aliphatic heterocycles. The summed E-state index contributed by atoms with van der Waals surface area (Å²) in [5.74, 6) is 1.03. The number of aryl methyl sites for hydroxylation is 1. The molecule has 1 saturated heterocycles. The van der Waals surface area contributed by atoms with E-state index in [2.05, 4.69) is 39.4 Å². The molecule has 2 aromatic rings. The monoisotopic (exact) mass is 345 g/mol. The van der Waals surface area contributed by atoms with E-state index in [0.717, 1.165) is 37.2 Å². The highest BCUT2D eigenvalue weighted by Crippen LogP contribution is 2.24. The number of piperazine rings is 1. The Hall–Kier alpha value is -2.02. The summed E-state index contributed by atoms with van der Waals surface area (Å²) in [6.45, 7) is 7.12. The van der Waals surface area contributed by atoms with Crippen LogP contribution >= 0.6 is 11.8 Å². The Bertz CT molecular complexity index is 694. The molecule has 1 fully saturated rings. The molecule has 0 N–H and O–H groups in total. The van der Waals surface area contributed by atoms with Crippen molar-refractivity contribution in [3.8, 4) is 0 Å². The molecule has 1 aliphatic rings. The lowest BCUT2D eigenvalue weighted by Crippen LogP contribution is -2.50. The van der Waals surface area contributed by atoms with Gasteiger partial charge >= 0.3 is 0 Å². The molecule has 0 aliphatic carbocycles. The zero-order valence-electron chi connectivity index (χ0n) is 14.3. The van der Waals surface area contributed by atoms with E-state index in [4.69, 9.17) is 0 Å². The second kappa shape index (κ2) is 7.25. The predicted octanol–water partition coefficient (Wildman–Crippen LogP) is 1.95. The molecule has 6 nitrogen and oxygen atoms in total. The Morgan fingerprint density at radius 2 is 1.79 bits per heavy atom. The van der Waals surface area contributed by atoms with Crippen LogP contribution in [0.2, 0.25) is 0 Å². The van der Waals surface area contributed by atoms with Crippen LogP contribution in [-0.2, 0) is 11.8 Å². The van der Waals surface area contributed by atoms with Crippen molar-refractivity contribution in [1.29, 1.82) is 0 Å². The maximum absolute atomic E-state index is 12.7. The van der Waals surface area contributed by atoms with Gasteiger partial charge in [-0.05, 0) is 26.0 Å². The Labute approximate surface area is 146 Å². The fraction of sp³-hybridized carbons (Fsp3) is 0.471. The average Bonchev–Trinajstić information content (AvgIpc) is 2.94. The van der Waals surface area contributed by atoms with Crippen LogP contribution in [0.3, 0.4) is 0 Å². The van der Waals surface area contributed by atoms with Gasteiger partial charge in [0.25, 0.3) is 0 Å². The van der Waals surface area contributed by atoms with E-state index >= 15 is 0 Å². The van der Waals surface area contributed by atoms with Gasteiger partial charge in [-0.15, -0.1) is 10.2 Å². The number of carbonyl (C=O) groups excluding carboxylic acids is 1. The highest BCUT2D eigenvalue weighted by atomic mass is 32.2. The molecule has 0 unspecified atom stereocenters. The van der Waals surface area contributed by atoms with Gasteiger partial charge in [0.15, 0.2) is 5.16 Å². The smallest absolute Gasteiger partial charge is 0.236 e.